The molecule has 0 bridgehead atoms. The van der Waals surface area contributed by atoms with E-state index in [1.165, 1.54) is 6.20 Å². The van der Waals surface area contributed by atoms with Gasteiger partial charge in [-0.05, 0) is 13.0 Å². The van der Waals surface area contributed by atoms with Crippen molar-refractivity contribution in [3.8, 4) is 0 Å². The van der Waals surface area contributed by atoms with Gasteiger partial charge in [0.05, 0.1) is 32.0 Å². The molecule has 0 aliphatic carbocycles. The van der Waals surface area contributed by atoms with Gasteiger partial charge in [0, 0.05) is 12.3 Å². The fourth-order valence-electron chi connectivity index (χ4n) is 1.47. The summed E-state index contributed by atoms with van der Waals surface area (Å²) in [5.41, 5.74) is -2.16. The van der Waals surface area contributed by atoms with Gasteiger partial charge in [0.25, 0.3) is 11.4 Å². The van der Waals surface area contributed by atoms with Crippen LogP contribution < -0.4 is 5.32 Å². The molecule has 0 spiro atoms. The van der Waals surface area contributed by atoms with Gasteiger partial charge in [-0.1, -0.05) is 12.2 Å². The average molecular weight is 311 g/mol. The molecule has 0 aliphatic rings. The van der Waals surface area contributed by atoms with Crippen LogP contribution in [0.15, 0.2) is 18.3 Å². The third-order valence-electron chi connectivity index (χ3n) is 2.32. The molecule has 0 saturated heterocycles. The third-order valence-corrected chi connectivity index (χ3v) is 2.44. The summed E-state index contributed by atoms with van der Waals surface area (Å²) < 4.78 is 0. The molecule has 21 heavy (non-hydrogen) atoms. The molecule has 9 nitrogen and oxygen atoms in total. The zero-order valence-electron chi connectivity index (χ0n) is 10.6. The first-order valence-electron chi connectivity index (χ1n) is 5.37. The quantitative estimate of drug-likeness (QED) is 0.479. The van der Waals surface area contributed by atoms with Gasteiger partial charge in [0.2, 0.25) is 0 Å². The Morgan fingerprint density at radius 1 is 1.33 bits per heavy atom. The number of hydrogen-bond donors (Lipinski definition) is 2. The molecule has 110 valence electrons. The number of thiocarbonyl (C=S) groups is 1. The number of nitro benzene ring substituents is 2. The third kappa shape index (κ3) is 4.04. The zero-order valence-corrected chi connectivity index (χ0v) is 11.4. The van der Waals surface area contributed by atoms with E-state index in [4.69, 9.17) is 17.3 Å². The summed E-state index contributed by atoms with van der Waals surface area (Å²) in [7, 11) is 0. The Labute approximate surface area is 123 Å². The maximum atomic E-state index is 11.1. The maximum Gasteiger partial charge on any atom is 0.336 e. The molecule has 0 amide bonds. The summed E-state index contributed by atoms with van der Waals surface area (Å²) in [4.78, 5) is 31.4. The molecule has 0 atom stereocenters. The summed E-state index contributed by atoms with van der Waals surface area (Å²) in [6, 6.07) is 1.47. The molecule has 1 aromatic carbocycles. The number of non-ortho nitro benzene ring substituents is 1. The van der Waals surface area contributed by atoms with Crippen molar-refractivity contribution in [2.24, 2.45) is 0 Å². The minimum atomic E-state index is -1.51. The fraction of sp³-hybridized carbons (Fsp3) is 0.0909. The summed E-state index contributed by atoms with van der Waals surface area (Å²) in [5, 5.41) is 33.3. The van der Waals surface area contributed by atoms with E-state index in [1.807, 2.05) is 0 Å². The number of hydrogen-bond acceptors (Lipinski definition) is 6. The number of rotatable bonds is 5. The van der Waals surface area contributed by atoms with Crippen molar-refractivity contribution in [1.29, 1.82) is 0 Å². The van der Waals surface area contributed by atoms with E-state index in [2.05, 4.69) is 5.32 Å². The highest BCUT2D eigenvalue weighted by atomic mass is 32.1. The van der Waals surface area contributed by atoms with E-state index in [-0.39, 0.29) is 5.56 Å². The van der Waals surface area contributed by atoms with Gasteiger partial charge in [-0.3, -0.25) is 20.2 Å². The lowest BCUT2D eigenvalue weighted by Crippen LogP contribution is -2.10. The average Bonchev–Trinajstić information content (AvgIpc) is 2.37. The number of carbonyl (C=O) groups is 1. The van der Waals surface area contributed by atoms with Crippen LogP contribution in [0, 0.1) is 20.2 Å². The van der Waals surface area contributed by atoms with Crippen molar-refractivity contribution < 1.29 is 19.7 Å². The van der Waals surface area contributed by atoms with Crippen LogP contribution in [0.2, 0.25) is 0 Å². The van der Waals surface area contributed by atoms with Crippen LogP contribution >= 0.6 is 12.2 Å². The normalized spacial score (nSPS) is 10.3. The van der Waals surface area contributed by atoms with Crippen LogP contribution in [-0.2, 0) is 0 Å². The monoisotopic (exact) mass is 311 g/mol. The van der Waals surface area contributed by atoms with Crippen LogP contribution in [-0.4, -0.2) is 25.9 Å². The summed E-state index contributed by atoms with van der Waals surface area (Å²) >= 11 is 4.73. The number of nitrogens with one attached hydrogen (secondary N) is 1. The maximum absolute atomic E-state index is 11.1. The molecule has 0 aromatic heterocycles. The van der Waals surface area contributed by atoms with Crippen LogP contribution in [0.3, 0.4) is 0 Å². The van der Waals surface area contributed by atoms with E-state index < -0.39 is 32.8 Å². The largest absolute Gasteiger partial charge is 0.478 e. The number of nitro groups is 2. The van der Waals surface area contributed by atoms with Crippen molar-refractivity contribution in [1.82, 2.24) is 5.32 Å². The fourth-order valence-corrected chi connectivity index (χ4v) is 1.54. The second-order valence-electron chi connectivity index (χ2n) is 3.78. The first kappa shape index (κ1) is 16.2. The Bertz CT molecular complexity index is 635. The lowest BCUT2D eigenvalue weighted by atomic mass is 10.0. The van der Waals surface area contributed by atoms with Crippen LogP contribution in [0.4, 0.5) is 11.4 Å². The van der Waals surface area contributed by atoms with Gasteiger partial charge in [-0.15, -0.1) is 0 Å². The van der Waals surface area contributed by atoms with Crippen molar-refractivity contribution in [3.05, 3.63) is 49.7 Å². The molecular formula is C11H9N3O6S. The molecule has 1 rings (SSSR count). The Balaban J connectivity index is 3.53. The molecule has 10 heteroatoms. The molecule has 0 saturated carbocycles. The first-order valence-corrected chi connectivity index (χ1v) is 5.78. The number of nitrogens with zero attached hydrogens (tertiary/aromatic N) is 2. The number of aromatic carboxylic acids is 1. The smallest absolute Gasteiger partial charge is 0.336 e. The molecule has 1 aromatic rings. The topological polar surface area (TPSA) is 136 Å². The van der Waals surface area contributed by atoms with Crippen molar-refractivity contribution in [2.75, 3.05) is 0 Å². The van der Waals surface area contributed by atoms with E-state index in [9.17, 15) is 25.0 Å². The Morgan fingerprint density at radius 3 is 2.38 bits per heavy atom. The predicted octanol–water partition coefficient (Wildman–Crippen LogP) is 2.11. The highest BCUT2D eigenvalue weighted by Gasteiger charge is 2.25. The summed E-state index contributed by atoms with van der Waals surface area (Å²) in [6.45, 7) is 1.56. The van der Waals surface area contributed by atoms with Crippen molar-refractivity contribution in [2.45, 2.75) is 6.92 Å². The molecule has 2 N–H and O–H groups in total. The zero-order chi connectivity index (χ0) is 16.2. The van der Waals surface area contributed by atoms with E-state index in [1.54, 1.807) is 6.92 Å². The SMILES string of the molecule is CC(=S)N/C=C/c1c(C(=O)O)cc([N+](=O)[O-])cc1[N+](=O)[O-]. The highest BCUT2D eigenvalue weighted by molar-refractivity contribution is 7.80. The van der Waals surface area contributed by atoms with Gasteiger partial charge in [-0.2, -0.15) is 0 Å². The second kappa shape index (κ2) is 6.52. The summed E-state index contributed by atoms with van der Waals surface area (Å²) in [5.74, 6) is -1.51. The Kier molecular flexibility index (Phi) is 5.02. The van der Waals surface area contributed by atoms with Gasteiger partial charge < -0.3 is 10.4 Å². The van der Waals surface area contributed by atoms with Gasteiger partial charge >= 0.3 is 5.97 Å². The van der Waals surface area contributed by atoms with Gasteiger partial charge in [0.1, 0.15) is 0 Å². The van der Waals surface area contributed by atoms with E-state index >= 15 is 0 Å². The van der Waals surface area contributed by atoms with E-state index in [0.29, 0.717) is 11.1 Å². The second-order valence-corrected chi connectivity index (χ2v) is 4.39. The van der Waals surface area contributed by atoms with Crippen LogP contribution in [0.25, 0.3) is 6.08 Å². The Morgan fingerprint density at radius 2 is 1.95 bits per heavy atom. The molecular weight excluding hydrogens is 302 g/mol. The Hall–Kier alpha value is -2.88. The number of benzene rings is 1. The molecule has 0 fully saturated rings. The molecule has 0 radical (unpaired) electrons. The molecule has 0 aliphatic heterocycles. The molecule has 0 heterocycles. The van der Waals surface area contributed by atoms with Gasteiger partial charge in [0.15, 0.2) is 0 Å². The van der Waals surface area contributed by atoms with Crippen LogP contribution in [0.5, 0.6) is 0 Å². The minimum absolute atomic E-state index is 0.262. The van der Waals surface area contributed by atoms with Crippen LogP contribution in [0.1, 0.15) is 22.8 Å². The lowest BCUT2D eigenvalue weighted by molar-refractivity contribution is -0.394. The number of carboxylic acid groups (broad SMARTS) is 1. The standard InChI is InChI=1S/C11H9N3O6S/c1-6(21)12-3-2-8-9(11(15)16)4-7(13(17)18)5-10(8)14(19)20/h2-5H,1H3,(H,12,21)(H,15,16)/b3-2+. The van der Waals surface area contributed by atoms with Gasteiger partial charge in [-0.25, -0.2) is 4.79 Å². The van der Waals surface area contributed by atoms with Crippen molar-refractivity contribution in [3.63, 3.8) is 0 Å². The highest BCUT2D eigenvalue weighted by Crippen LogP contribution is 2.29. The van der Waals surface area contributed by atoms with Crippen molar-refractivity contribution >= 4 is 40.6 Å². The predicted molar refractivity (Wildman–Crippen MR) is 77.2 cm³/mol. The lowest BCUT2D eigenvalue weighted by Gasteiger charge is -2.04. The summed E-state index contributed by atoms with van der Waals surface area (Å²) in [6.07, 6.45) is 2.35. The number of carboxylic acids is 1. The van der Waals surface area contributed by atoms with E-state index in [0.717, 1.165) is 12.1 Å². The minimum Gasteiger partial charge on any atom is -0.478 e. The molecule has 0 unspecified atom stereocenters. The first-order chi connectivity index (χ1) is 9.73.